The number of carboxylic acids is 1. The normalized spacial score (nSPS) is 10.5. The van der Waals surface area contributed by atoms with Crippen LogP contribution >= 0.6 is 15.9 Å². The second-order valence-corrected chi connectivity index (χ2v) is 5.45. The van der Waals surface area contributed by atoms with Gasteiger partial charge in [0.15, 0.2) is 0 Å². The summed E-state index contributed by atoms with van der Waals surface area (Å²) in [5.41, 5.74) is 2.73. The lowest BCUT2D eigenvalue weighted by molar-refractivity contribution is 0.0697. The third-order valence-corrected chi connectivity index (χ3v) is 3.59. The Kier molecular flexibility index (Phi) is 3.58. The quantitative estimate of drug-likeness (QED) is 0.738. The van der Waals surface area contributed by atoms with E-state index in [2.05, 4.69) is 26.2 Å². The number of aromatic nitrogens is 1. The lowest BCUT2D eigenvalue weighted by atomic mass is 10.1. The first-order chi connectivity index (χ1) is 10.1. The van der Waals surface area contributed by atoms with Gasteiger partial charge in [-0.1, -0.05) is 22.0 Å². The van der Waals surface area contributed by atoms with Crippen molar-refractivity contribution in [3.05, 3.63) is 64.8 Å². The summed E-state index contributed by atoms with van der Waals surface area (Å²) in [6, 6.07) is 14.4. The highest BCUT2D eigenvalue weighted by Gasteiger charge is 2.06. The Labute approximate surface area is 129 Å². The summed E-state index contributed by atoms with van der Waals surface area (Å²) < 4.78 is 0.963. The lowest BCUT2D eigenvalue weighted by Crippen LogP contribution is -1.98. The number of nitrogens with zero attached hydrogens (tertiary/aromatic N) is 1. The molecule has 0 aliphatic rings. The Morgan fingerprint density at radius 1 is 1.14 bits per heavy atom. The first-order valence-electron chi connectivity index (χ1n) is 6.28. The van der Waals surface area contributed by atoms with Gasteiger partial charge in [-0.25, -0.2) is 4.79 Å². The monoisotopic (exact) mass is 342 g/mol. The molecule has 0 radical (unpaired) electrons. The number of benzene rings is 2. The maximum Gasteiger partial charge on any atom is 0.335 e. The van der Waals surface area contributed by atoms with Gasteiger partial charge in [0.1, 0.15) is 0 Å². The molecule has 5 heteroatoms. The van der Waals surface area contributed by atoms with E-state index in [1.54, 1.807) is 24.4 Å². The average Bonchev–Trinajstić information content (AvgIpc) is 2.48. The number of nitrogens with one attached hydrogen (secondary N) is 1. The van der Waals surface area contributed by atoms with Crippen molar-refractivity contribution < 1.29 is 9.90 Å². The van der Waals surface area contributed by atoms with E-state index in [9.17, 15) is 4.79 Å². The van der Waals surface area contributed by atoms with E-state index in [4.69, 9.17) is 5.11 Å². The van der Waals surface area contributed by atoms with Gasteiger partial charge in [0.25, 0.3) is 0 Å². The van der Waals surface area contributed by atoms with Gasteiger partial charge in [-0.15, -0.1) is 0 Å². The Bertz CT molecular complexity index is 833. The molecule has 21 heavy (non-hydrogen) atoms. The number of anilines is 2. The van der Waals surface area contributed by atoms with Crippen molar-refractivity contribution in [2.45, 2.75) is 0 Å². The van der Waals surface area contributed by atoms with Gasteiger partial charge in [-0.2, -0.15) is 0 Å². The summed E-state index contributed by atoms with van der Waals surface area (Å²) >= 11 is 3.45. The van der Waals surface area contributed by atoms with Crippen LogP contribution in [0.2, 0.25) is 0 Å². The molecule has 104 valence electrons. The predicted molar refractivity (Wildman–Crippen MR) is 86.1 cm³/mol. The molecule has 0 saturated heterocycles. The largest absolute Gasteiger partial charge is 0.478 e. The van der Waals surface area contributed by atoms with E-state index in [0.29, 0.717) is 0 Å². The van der Waals surface area contributed by atoms with Gasteiger partial charge in [-0.3, -0.25) is 4.98 Å². The number of carboxylic acid groups (broad SMARTS) is 1. The maximum atomic E-state index is 11.0. The summed E-state index contributed by atoms with van der Waals surface area (Å²) in [5.74, 6) is -0.944. The minimum absolute atomic E-state index is 0.250. The van der Waals surface area contributed by atoms with E-state index in [1.165, 1.54) is 0 Å². The fraction of sp³-hybridized carbons (Fsp3) is 0. The van der Waals surface area contributed by atoms with Crippen LogP contribution in [0.3, 0.4) is 0 Å². The number of hydrogen-bond donors (Lipinski definition) is 2. The van der Waals surface area contributed by atoms with Gasteiger partial charge in [0.05, 0.1) is 11.1 Å². The molecule has 0 aliphatic heterocycles. The van der Waals surface area contributed by atoms with Crippen LogP contribution in [0.15, 0.2) is 59.2 Å². The summed E-state index contributed by atoms with van der Waals surface area (Å²) in [4.78, 5) is 15.3. The molecule has 3 rings (SSSR count). The molecule has 2 N–H and O–H groups in total. The topological polar surface area (TPSA) is 62.2 Å². The molecular formula is C16H11BrN2O2. The first kappa shape index (κ1) is 13.6. The number of fused-ring (bicyclic) bond motifs is 1. The van der Waals surface area contributed by atoms with Crippen molar-refractivity contribution in [2.24, 2.45) is 0 Å². The fourth-order valence-electron chi connectivity index (χ4n) is 2.11. The van der Waals surface area contributed by atoms with Crippen LogP contribution < -0.4 is 5.32 Å². The second kappa shape index (κ2) is 5.54. The van der Waals surface area contributed by atoms with Crippen molar-refractivity contribution in [1.82, 2.24) is 4.98 Å². The van der Waals surface area contributed by atoms with Gasteiger partial charge < -0.3 is 10.4 Å². The van der Waals surface area contributed by atoms with Gasteiger partial charge in [0, 0.05) is 27.4 Å². The van der Waals surface area contributed by atoms with E-state index < -0.39 is 5.97 Å². The summed E-state index contributed by atoms with van der Waals surface area (Å²) in [6.07, 6.45) is 1.72. The molecule has 0 saturated carbocycles. The van der Waals surface area contributed by atoms with E-state index in [0.717, 1.165) is 26.8 Å². The highest BCUT2D eigenvalue weighted by Crippen LogP contribution is 2.27. The van der Waals surface area contributed by atoms with E-state index in [1.807, 2.05) is 30.3 Å². The fourth-order valence-corrected chi connectivity index (χ4v) is 2.47. The number of hydrogen-bond acceptors (Lipinski definition) is 3. The van der Waals surface area contributed by atoms with Crippen LogP contribution in [0.5, 0.6) is 0 Å². The average molecular weight is 343 g/mol. The van der Waals surface area contributed by atoms with Gasteiger partial charge in [0.2, 0.25) is 0 Å². The molecule has 0 atom stereocenters. The van der Waals surface area contributed by atoms with Crippen LogP contribution in [-0.2, 0) is 0 Å². The van der Waals surface area contributed by atoms with E-state index >= 15 is 0 Å². The molecule has 0 amide bonds. The van der Waals surface area contributed by atoms with Crippen molar-refractivity contribution in [3.63, 3.8) is 0 Å². The van der Waals surface area contributed by atoms with Crippen molar-refractivity contribution in [2.75, 3.05) is 5.32 Å². The highest BCUT2D eigenvalue weighted by atomic mass is 79.9. The summed E-state index contributed by atoms with van der Waals surface area (Å²) in [6.45, 7) is 0. The first-order valence-corrected chi connectivity index (χ1v) is 7.07. The summed E-state index contributed by atoms with van der Waals surface area (Å²) in [7, 11) is 0. The molecule has 3 aromatic rings. The molecule has 4 nitrogen and oxygen atoms in total. The Hall–Kier alpha value is -2.40. The molecule has 1 heterocycles. The molecular weight excluding hydrogens is 332 g/mol. The maximum absolute atomic E-state index is 11.0. The molecule has 1 aromatic heterocycles. The van der Waals surface area contributed by atoms with Crippen molar-refractivity contribution in [1.29, 1.82) is 0 Å². The second-order valence-electron chi connectivity index (χ2n) is 4.53. The predicted octanol–water partition coefficient (Wildman–Crippen LogP) is 4.44. The number of carbonyl (C=O) groups is 1. The third kappa shape index (κ3) is 2.87. The minimum atomic E-state index is -0.944. The third-order valence-electron chi connectivity index (χ3n) is 3.09. The molecule has 0 aliphatic carbocycles. The standard InChI is InChI=1S/C16H11BrN2O2/c17-11-4-5-14-13(9-11)15(6-7-18-14)19-12-3-1-2-10(8-12)16(20)21/h1-9H,(H,18,19)(H,20,21). The number of rotatable bonds is 3. The number of halogens is 1. The zero-order chi connectivity index (χ0) is 14.8. The van der Waals surface area contributed by atoms with Crippen LogP contribution in [0.4, 0.5) is 11.4 Å². The SMILES string of the molecule is O=C(O)c1cccc(Nc2ccnc3ccc(Br)cc23)c1. The Morgan fingerprint density at radius 3 is 2.81 bits per heavy atom. The Balaban J connectivity index is 2.04. The lowest BCUT2D eigenvalue weighted by Gasteiger charge is -2.10. The van der Waals surface area contributed by atoms with Crippen LogP contribution in [-0.4, -0.2) is 16.1 Å². The van der Waals surface area contributed by atoms with Crippen LogP contribution in [0.25, 0.3) is 10.9 Å². The highest BCUT2D eigenvalue weighted by molar-refractivity contribution is 9.10. The molecule has 0 fully saturated rings. The molecule has 0 spiro atoms. The van der Waals surface area contributed by atoms with Crippen molar-refractivity contribution in [3.8, 4) is 0 Å². The van der Waals surface area contributed by atoms with Gasteiger partial charge in [-0.05, 0) is 42.5 Å². The molecule has 0 bridgehead atoms. The molecule has 2 aromatic carbocycles. The number of aromatic carboxylic acids is 1. The smallest absolute Gasteiger partial charge is 0.335 e. The summed E-state index contributed by atoms with van der Waals surface area (Å²) in [5, 5.41) is 13.3. The van der Waals surface area contributed by atoms with Crippen molar-refractivity contribution >= 4 is 44.2 Å². The zero-order valence-electron chi connectivity index (χ0n) is 10.9. The van der Waals surface area contributed by atoms with Gasteiger partial charge >= 0.3 is 5.97 Å². The van der Waals surface area contributed by atoms with Crippen LogP contribution in [0, 0.1) is 0 Å². The van der Waals surface area contributed by atoms with E-state index in [-0.39, 0.29) is 5.56 Å². The zero-order valence-corrected chi connectivity index (χ0v) is 12.5. The number of pyridine rings is 1. The minimum Gasteiger partial charge on any atom is -0.478 e. The molecule has 0 unspecified atom stereocenters. The van der Waals surface area contributed by atoms with Crippen LogP contribution in [0.1, 0.15) is 10.4 Å². The Morgan fingerprint density at radius 2 is 2.00 bits per heavy atom.